The lowest BCUT2D eigenvalue weighted by molar-refractivity contribution is -0.119. The number of carbonyl (C=O) groups is 1. The number of rotatable bonds is 6. The summed E-state index contributed by atoms with van der Waals surface area (Å²) in [6, 6.07) is 19.9. The van der Waals surface area contributed by atoms with Crippen LogP contribution in [0.2, 0.25) is 0 Å². The Morgan fingerprint density at radius 2 is 1.87 bits per heavy atom. The van der Waals surface area contributed by atoms with Crippen molar-refractivity contribution in [2.75, 3.05) is 5.75 Å². The molecule has 1 aromatic heterocycles. The molecule has 2 aromatic carbocycles. The van der Waals surface area contributed by atoms with E-state index in [1.165, 1.54) is 5.56 Å². The lowest BCUT2D eigenvalue weighted by Crippen LogP contribution is -2.27. The van der Waals surface area contributed by atoms with Crippen LogP contribution >= 0.6 is 11.8 Å². The fourth-order valence-electron chi connectivity index (χ4n) is 2.41. The fraction of sp³-hybridized carbons (Fsp3) is 0.211. The van der Waals surface area contributed by atoms with Gasteiger partial charge in [0.15, 0.2) is 0 Å². The molecule has 1 heterocycles. The van der Waals surface area contributed by atoms with Crippen LogP contribution < -0.4 is 5.32 Å². The van der Waals surface area contributed by atoms with Crippen LogP contribution in [0.5, 0.6) is 0 Å². The van der Waals surface area contributed by atoms with E-state index in [1.54, 1.807) is 11.8 Å². The molecule has 0 spiro atoms. The minimum atomic E-state index is -0.132. The predicted octanol–water partition coefficient (Wildman–Crippen LogP) is 4.54. The predicted molar refractivity (Wildman–Crippen MR) is 95.4 cm³/mol. The molecule has 0 fully saturated rings. The summed E-state index contributed by atoms with van der Waals surface area (Å²) in [4.78, 5) is 12.1. The summed E-state index contributed by atoms with van der Waals surface area (Å²) in [6.45, 7) is 1.94. The van der Waals surface area contributed by atoms with Gasteiger partial charge in [-0.1, -0.05) is 48.5 Å². The third-order valence-corrected chi connectivity index (χ3v) is 4.60. The first-order valence-electron chi connectivity index (χ1n) is 7.62. The maximum atomic E-state index is 12.1. The van der Waals surface area contributed by atoms with E-state index >= 15 is 0 Å². The van der Waals surface area contributed by atoms with Gasteiger partial charge in [-0.25, -0.2) is 0 Å². The van der Waals surface area contributed by atoms with Gasteiger partial charge in [-0.15, -0.1) is 11.8 Å². The molecule has 3 nitrogen and oxygen atoms in total. The van der Waals surface area contributed by atoms with E-state index in [0.29, 0.717) is 5.75 Å². The molecular weight excluding hydrogens is 306 g/mol. The number of amides is 1. The zero-order valence-electron chi connectivity index (χ0n) is 13.0. The molecule has 1 N–H and O–H groups in total. The van der Waals surface area contributed by atoms with Crippen molar-refractivity contribution >= 4 is 28.6 Å². The Hall–Kier alpha value is -2.20. The number of hydrogen-bond donors (Lipinski definition) is 1. The van der Waals surface area contributed by atoms with Gasteiger partial charge in [0, 0.05) is 11.1 Å². The Labute approximate surface area is 140 Å². The van der Waals surface area contributed by atoms with Gasteiger partial charge in [-0.3, -0.25) is 4.79 Å². The Kier molecular flexibility index (Phi) is 5.03. The number of nitrogens with one attached hydrogen (secondary N) is 1. The molecule has 4 heteroatoms. The van der Waals surface area contributed by atoms with Crippen molar-refractivity contribution in [1.29, 1.82) is 0 Å². The van der Waals surface area contributed by atoms with Crippen LogP contribution in [0, 0.1) is 0 Å². The molecule has 3 aromatic rings. The fourth-order valence-corrected chi connectivity index (χ4v) is 3.20. The standard InChI is InChI=1S/C19H19NO2S/c1-14(18-11-16-9-5-6-10-17(16)22-18)20-19(21)13-23-12-15-7-3-2-4-8-15/h2-11,14H,12-13H2,1H3,(H,20,21)/t14-/m0/s1. The number of carbonyl (C=O) groups excluding carboxylic acids is 1. The van der Waals surface area contributed by atoms with E-state index in [9.17, 15) is 4.79 Å². The number of hydrogen-bond acceptors (Lipinski definition) is 3. The van der Waals surface area contributed by atoms with Crippen LogP contribution in [0.25, 0.3) is 11.0 Å². The average Bonchev–Trinajstić information content (AvgIpc) is 3.00. The Balaban J connectivity index is 1.51. The maximum absolute atomic E-state index is 12.1. The largest absolute Gasteiger partial charge is 0.459 e. The van der Waals surface area contributed by atoms with E-state index in [-0.39, 0.29) is 11.9 Å². The molecule has 0 unspecified atom stereocenters. The molecule has 0 aliphatic rings. The van der Waals surface area contributed by atoms with E-state index in [2.05, 4.69) is 17.4 Å². The normalized spacial score (nSPS) is 12.2. The number of benzene rings is 2. The minimum Gasteiger partial charge on any atom is -0.459 e. The second-order valence-electron chi connectivity index (χ2n) is 5.45. The molecule has 0 aliphatic heterocycles. The summed E-state index contributed by atoms with van der Waals surface area (Å²) >= 11 is 1.61. The molecule has 118 valence electrons. The highest BCUT2D eigenvalue weighted by Gasteiger charge is 2.14. The van der Waals surface area contributed by atoms with Crippen molar-refractivity contribution in [3.63, 3.8) is 0 Å². The van der Waals surface area contributed by atoms with Crippen molar-refractivity contribution in [1.82, 2.24) is 5.32 Å². The van der Waals surface area contributed by atoms with Gasteiger partial charge in [0.25, 0.3) is 0 Å². The van der Waals surface area contributed by atoms with Crippen molar-refractivity contribution in [3.8, 4) is 0 Å². The topological polar surface area (TPSA) is 42.2 Å². The zero-order chi connectivity index (χ0) is 16.1. The second kappa shape index (κ2) is 7.38. The van der Waals surface area contributed by atoms with Crippen molar-refractivity contribution in [2.24, 2.45) is 0 Å². The third kappa shape index (κ3) is 4.17. The highest BCUT2D eigenvalue weighted by molar-refractivity contribution is 7.99. The highest BCUT2D eigenvalue weighted by Crippen LogP contribution is 2.23. The van der Waals surface area contributed by atoms with Crippen LogP contribution in [0.3, 0.4) is 0 Å². The molecule has 0 saturated carbocycles. The summed E-state index contributed by atoms with van der Waals surface area (Å²) < 4.78 is 5.78. The van der Waals surface area contributed by atoms with Crippen LogP contribution in [-0.2, 0) is 10.5 Å². The lowest BCUT2D eigenvalue weighted by atomic mass is 10.2. The summed E-state index contributed by atoms with van der Waals surface area (Å²) in [6.07, 6.45) is 0. The first-order valence-corrected chi connectivity index (χ1v) is 8.77. The Bertz CT molecular complexity index is 749. The van der Waals surface area contributed by atoms with Gasteiger partial charge in [0.1, 0.15) is 11.3 Å². The minimum absolute atomic E-state index is 0.0267. The zero-order valence-corrected chi connectivity index (χ0v) is 13.8. The number of furan rings is 1. The smallest absolute Gasteiger partial charge is 0.230 e. The molecule has 23 heavy (non-hydrogen) atoms. The summed E-state index contributed by atoms with van der Waals surface area (Å²) in [5, 5.41) is 4.05. The van der Waals surface area contributed by atoms with Crippen LogP contribution in [0.1, 0.15) is 24.3 Å². The third-order valence-electron chi connectivity index (χ3n) is 3.59. The van der Waals surface area contributed by atoms with E-state index < -0.39 is 0 Å². The van der Waals surface area contributed by atoms with Crippen LogP contribution in [-0.4, -0.2) is 11.7 Å². The molecular formula is C19H19NO2S. The van der Waals surface area contributed by atoms with E-state index in [0.717, 1.165) is 22.5 Å². The number of fused-ring (bicyclic) bond motifs is 1. The first kappa shape index (κ1) is 15.7. The van der Waals surface area contributed by atoms with Gasteiger partial charge < -0.3 is 9.73 Å². The number of thioether (sulfide) groups is 1. The van der Waals surface area contributed by atoms with Crippen LogP contribution in [0.4, 0.5) is 0 Å². The van der Waals surface area contributed by atoms with Crippen LogP contribution in [0.15, 0.2) is 65.1 Å². The summed E-state index contributed by atoms with van der Waals surface area (Å²) in [5.41, 5.74) is 2.08. The second-order valence-corrected chi connectivity index (χ2v) is 6.44. The van der Waals surface area contributed by atoms with Gasteiger partial charge in [0.2, 0.25) is 5.91 Å². The molecule has 3 rings (SSSR count). The van der Waals surface area contributed by atoms with Crippen molar-refractivity contribution in [2.45, 2.75) is 18.7 Å². The SMILES string of the molecule is C[C@H](NC(=O)CSCc1ccccc1)c1cc2ccccc2o1. The average molecular weight is 325 g/mol. The summed E-state index contributed by atoms with van der Waals surface area (Å²) in [5.74, 6) is 2.10. The molecule has 1 amide bonds. The number of para-hydroxylation sites is 1. The van der Waals surface area contributed by atoms with Crippen molar-refractivity contribution in [3.05, 3.63) is 72.0 Å². The monoisotopic (exact) mass is 325 g/mol. The molecule has 1 atom stereocenters. The van der Waals surface area contributed by atoms with Gasteiger partial charge in [-0.05, 0) is 24.6 Å². The summed E-state index contributed by atoms with van der Waals surface area (Å²) in [7, 11) is 0. The molecule has 0 saturated heterocycles. The quantitative estimate of drug-likeness (QED) is 0.723. The molecule has 0 aliphatic carbocycles. The van der Waals surface area contributed by atoms with Gasteiger partial charge in [0.05, 0.1) is 11.8 Å². The highest BCUT2D eigenvalue weighted by atomic mass is 32.2. The lowest BCUT2D eigenvalue weighted by Gasteiger charge is -2.11. The van der Waals surface area contributed by atoms with E-state index in [4.69, 9.17) is 4.42 Å². The van der Waals surface area contributed by atoms with Crippen molar-refractivity contribution < 1.29 is 9.21 Å². The Morgan fingerprint density at radius 1 is 1.13 bits per heavy atom. The van der Waals surface area contributed by atoms with Gasteiger partial charge >= 0.3 is 0 Å². The van der Waals surface area contributed by atoms with E-state index in [1.807, 2.05) is 55.5 Å². The molecule has 0 radical (unpaired) electrons. The molecule has 0 bridgehead atoms. The first-order chi connectivity index (χ1) is 11.2. The van der Waals surface area contributed by atoms with Gasteiger partial charge in [-0.2, -0.15) is 0 Å². The maximum Gasteiger partial charge on any atom is 0.230 e. The Morgan fingerprint density at radius 3 is 2.65 bits per heavy atom.